The molecule has 1 aliphatic heterocycles. The van der Waals surface area contributed by atoms with E-state index >= 15 is 0 Å². The summed E-state index contributed by atoms with van der Waals surface area (Å²) in [4.78, 5) is 135. The minimum absolute atomic E-state index is 0.0292. The molecule has 2 heterocycles. The summed E-state index contributed by atoms with van der Waals surface area (Å²) in [6, 6.07) is 7.91. The average Bonchev–Trinajstić information content (AvgIpc) is 3.73. The molecule has 0 aliphatic carbocycles. The molecular formula is C48H70N16O9. The number of guanidine groups is 2. The maximum absolute atomic E-state index is 14.5. The van der Waals surface area contributed by atoms with Crippen LogP contribution in [0.25, 0.3) is 10.9 Å². The zero-order valence-electron chi connectivity index (χ0n) is 41.4. The zero-order valence-corrected chi connectivity index (χ0v) is 41.4. The van der Waals surface area contributed by atoms with Crippen molar-refractivity contribution in [2.45, 2.75) is 127 Å². The third kappa shape index (κ3) is 19.1. The summed E-state index contributed by atoms with van der Waals surface area (Å²) >= 11 is 0. The quantitative estimate of drug-likeness (QED) is 0.0389. The number of carbonyl (C=O) groups is 9. The molecule has 1 aromatic heterocycles. The Bertz CT molecular complexity index is 2490. The summed E-state index contributed by atoms with van der Waals surface area (Å²) in [5.41, 5.74) is 27.9. The fourth-order valence-electron chi connectivity index (χ4n) is 7.91. The number of aromatic nitrogens is 1. The van der Waals surface area contributed by atoms with E-state index in [1.807, 2.05) is 24.3 Å². The van der Waals surface area contributed by atoms with Crippen LogP contribution in [0.4, 0.5) is 0 Å². The molecule has 6 unspecified atom stereocenters. The summed E-state index contributed by atoms with van der Waals surface area (Å²) in [6.07, 6.45) is 1.87. The van der Waals surface area contributed by atoms with Crippen LogP contribution in [-0.4, -0.2) is 131 Å². The molecule has 9 amide bonds. The van der Waals surface area contributed by atoms with E-state index in [0.717, 1.165) is 10.9 Å². The molecule has 1 saturated heterocycles. The first-order valence-electron chi connectivity index (χ1n) is 24.0. The van der Waals surface area contributed by atoms with Crippen LogP contribution in [0.5, 0.6) is 0 Å². The topological polar surface area (TPSA) is 420 Å². The van der Waals surface area contributed by atoms with Crippen molar-refractivity contribution < 1.29 is 43.2 Å². The van der Waals surface area contributed by atoms with Crippen molar-refractivity contribution in [1.82, 2.24) is 47.5 Å². The lowest BCUT2D eigenvalue weighted by molar-refractivity contribution is -0.138. The second-order valence-corrected chi connectivity index (χ2v) is 18.2. The van der Waals surface area contributed by atoms with Gasteiger partial charge in [0.25, 0.3) is 0 Å². The van der Waals surface area contributed by atoms with E-state index in [1.54, 1.807) is 36.5 Å². The molecule has 0 spiro atoms. The van der Waals surface area contributed by atoms with Crippen molar-refractivity contribution in [3.8, 4) is 0 Å². The van der Waals surface area contributed by atoms with Gasteiger partial charge in [-0.15, -0.1) is 0 Å². The van der Waals surface area contributed by atoms with Gasteiger partial charge in [-0.2, -0.15) is 0 Å². The Morgan fingerprint density at radius 1 is 0.740 bits per heavy atom. The number of amides is 9. The number of H-pyrrole nitrogens is 1. The summed E-state index contributed by atoms with van der Waals surface area (Å²) < 4.78 is 0. The molecule has 25 nitrogen and oxygen atoms in total. The number of nitrogens with zero attached hydrogens (tertiary/aromatic N) is 2. The van der Waals surface area contributed by atoms with Crippen LogP contribution in [0.3, 0.4) is 0 Å². The Labute approximate surface area is 422 Å². The number of benzene rings is 2. The average molecular weight is 1020 g/mol. The Hall–Kier alpha value is -8.25. The van der Waals surface area contributed by atoms with Crippen LogP contribution in [0.2, 0.25) is 0 Å². The van der Waals surface area contributed by atoms with Crippen molar-refractivity contribution in [3.05, 3.63) is 71.9 Å². The van der Waals surface area contributed by atoms with Gasteiger partial charge in [0.2, 0.25) is 53.2 Å². The minimum atomic E-state index is -1.82. The summed E-state index contributed by atoms with van der Waals surface area (Å²) in [5, 5.41) is 22.0. The van der Waals surface area contributed by atoms with Crippen molar-refractivity contribution in [2.24, 2.45) is 38.7 Å². The van der Waals surface area contributed by atoms with E-state index in [2.05, 4.69) is 57.5 Å². The molecule has 19 N–H and O–H groups in total. The van der Waals surface area contributed by atoms with Gasteiger partial charge >= 0.3 is 0 Å². The summed E-state index contributed by atoms with van der Waals surface area (Å²) in [5.74, 6) is -7.51. The number of primary amides is 1. The molecule has 0 bridgehead atoms. The fourth-order valence-corrected chi connectivity index (χ4v) is 7.91. The fraction of sp³-hybridized carbons (Fsp3) is 0.479. The summed E-state index contributed by atoms with van der Waals surface area (Å²) in [6.45, 7) is 4.11. The number of aliphatic imine (C=N–C) groups is 2. The van der Waals surface area contributed by atoms with Crippen molar-refractivity contribution in [3.63, 3.8) is 0 Å². The third-order valence-electron chi connectivity index (χ3n) is 11.8. The van der Waals surface area contributed by atoms with Gasteiger partial charge in [0.15, 0.2) is 11.9 Å². The van der Waals surface area contributed by atoms with E-state index < -0.39 is 101 Å². The highest BCUT2D eigenvalue weighted by Crippen LogP contribution is 2.20. The van der Waals surface area contributed by atoms with Gasteiger partial charge in [0.1, 0.15) is 41.8 Å². The Kier molecular flexibility index (Phi) is 22.0. The molecule has 1 fully saturated rings. The van der Waals surface area contributed by atoms with Gasteiger partial charge in [0.05, 0.1) is 6.42 Å². The first-order valence-corrected chi connectivity index (χ1v) is 24.0. The molecule has 0 radical (unpaired) electrons. The second-order valence-electron chi connectivity index (χ2n) is 18.2. The molecule has 4 rings (SSSR count). The smallest absolute Gasteiger partial charge is 0.245 e. The lowest BCUT2D eigenvalue weighted by atomic mass is 9.99. The van der Waals surface area contributed by atoms with Gasteiger partial charge in [-0.1, -0.05) is 48.5 Å². The van der Waals surface area contributed by atoms with Gasteiger partial charge in [-0.25, -0.2) is 0 Å². The number of hydrogen-bond donors (Lipinski definition) is 14. The SMILES string of the molecule is CC(=O)NC(CCCN=C(N)N)C(=O)NC1CC(=O)NCCCCC(C(N)=O)NC(=O)C(Cc2c[nH]c3ccccc23)NC(=O)C(CCCN=C(N)N)NC(=O)C(Cc2ccccc2)NC(=O)C(C)(C)NC1=O. The number of hydrogen-bond acceptors (Lipinski definition) is 11. The number of para-hydroxylation sites is 1. The van der Waals surface area contributed by atoms with Crippen molar-refractivity contribution in [1.29, 1.82) is 0 Å². The van der Waals surface area contributed by atoms with Crippen molar-refractivity contribution in [2.75, 3.05) is 19.6 Å². The van der Waals surface area contributed by atoms with Gasteiger partial charge in [0, 0.05) is 56.5 Å². The van der Waals surface area contributed by atoms with Gasteiger partial charge in [-0.05, 0) is 76.0 Å². The first kappa shape index (κ1) is 57.3. The number of nitrogens with one attached hydrogen (secondary N) is 9. The lowest BCUT2D eigenvalue weighted by Gasteiger charge is -2.31. The van der Waals surface area contributed by atoms with Crippen LogP contribution in [0.1, 0.15) is 83.3 Å². The lowest BCUT2D eigenvalue weighted by Crippen LogP contribution is -2.63. The van der Waals surface area contributed by atoms with Crippen LogP contribution in [0.15, 0.2) is 70.8 Å². The minimum Gasteiger partial charge on any atom is -0.370 e. The van der Waals surface area contributed by atoms with E-state index in [1.165, 1.54) is 20.8 Å². The van der Waals surface area contributed by atoms with Crippen molar-refractivity contribution >= 4 is 76.0 Å². The molecule has 0 saturated carbocycles. The Balaban J connectivity index is 1.74. The standard InChI is InChI=1S/C48H70N16O9/c1-27(65)58-33(18-11-21-55-46(50)51)40(68)62-37-25-38(66)54-20-10-9-17-32(39(49)67)59-43(71)36(24-29-26-57-31-16-8-7-15-30(29)31)61-41(69)34(19-12-22-56-47(52)53)60-42(70)35(23-28-13-5-4-6-14-28)63-45(73)48(2,3)64-44(37)72/h4-8,13-16,26,32-37,57H,9-12,17-25H2,1-3H3,(H2,49,67)(H,54,66)(H,58,65)(H,59,71)(H,60,70)(H,61,69)(H,62,68)(H,63,73)(H,64,72)(H4,50,51,55)(H4,52,53,56). The highest BCUT2D eigenvalue weighted by atomic mass is 16.2. The molecule has 73 heavy (non-hydrogen) atoms. The number of carbonyl (C=O) groups excluding carboxylic acids is 9. The maximum Gasteiger partial charge on any atom is 0.245 e. The summed E-state index contributed by atoms with van der Waals surface area (Å²) in [7, 11) is 0. The molecule has 396 valence electrons. The van der Waals surface area contributed by atoms with E-state index in [0.29, 0.717) is 11.1 Å². The number of nitrogens with two attached hydrogens (primary N) is 5. The molecular weight excluding hydrogens is 945 g/mol. The predicted molar refractivity (Wildman–Crippen MR) is 272 cm³/mol. The second kappa shape index (κ2) is 28.0. The monoisotopic (exact) mass is 1010 g/mol. The van der Waals surface area contributed by atoms with E-state index in [4.69, 9.17) is 28.7 Å². The highest BCUT2D eigenvalue weighted by Gasteiger charge is 2.38. The van der Waals surface area contributed by atoms with Crippen LogP contribution in [0, 0.1) is 0 Å². The van der Waals surface area contributed by atoms with Crippen LogP contribution < -0.4 is 71.2 Å². The molecule has 25 heteroatoms. The van der Waals surface area contributed by atoms with Crippen LogP contribution in [-0.2, 0) is 56.0 Å². The molecule has 6 atom stereocenters. The van der Waals surface area contributed by atoms with Gasteiger partial charge < -0.3 is 76.2 Å². The molecule has 1 aliphatic rings. The predicted octanol–water partition coefficient (Wildman–Crippen LogP) is -2.94. The highest BCUT2D eigenvalue weighted by molar-refractivity contribution is 6.00. The molecule has 2 aromatic carbocycles. The third-order valence-corrected chi connectivity index (χ3v) is 11.8. The number of fused-ring (bicyclic) bond motifs is 1. The van der Waals surface area contributed by atoms with Gasteiger partial charge in [-0.3, -0.25) is 53.1 Å². The zero-order chi connectivity index (χ0) is 53.7. The van der Waals surface area contributed by atoms with Crippen LogP contribution >= 0.6 is 0 Å². The first-order chi connectivity index (χ1) is 34.6. The number of rotatable bonds is 16. The van der Waals surface area contributed by atoms with E-state index in [-0.39, 0.29) is 89.3 Å². The Morgan fingerprint density at radius 2 is 1.36 bits per heavy atom. The maximum atomic E-state index is 14.5. The largest absolute Gasteiger partial charge is 0.370 e. The normalized spacial score (nSPS) is 21.1. The number of aromatic amines is 1. The Morgan fingerprint density at radius 3 is 2.03 bits per heavy atom. The molecule has 3 aromatic rings. The van der Waals surface area contributed by atoms with E-state index in [9.17, 15) is 43.2 Å².